The van der Waals surface area contributed by atoms with Gasteiger partial charge in [0.15, 0.2) is 0 Å². The number of halogens is 2. The number of ether oxygens (including phenoxy) is 1. The molecule has 1 aromatic carbocycles. The Morgan fingerprint density at radius 2 is 2.30 bits per heavy atom. The smallest absolute Gasteiger partial charge is 0.135 e. The molecule has 2 rings (SSSR count). The molecule has 5 heteroatoms. The molecule has 0 N–H and O–H groups in total. The maximum Gasteiger partial charge on any atom is 0.135 e. The molecule has 104 valence electrons. The molecule has 0 unspecified atom stereocenters. The van der Waals surface area contributed by atoms with Gasteiger partial charge >= 0.3 is 0 Å². The largest absolute Gasteiger partial charge is 0.492 e. The normalized spacial score (nSPS) is 9.90. The lowest BCUT2D eigenvalue weighted by molar-refractivity contribution is 0.300. The van der Waals surface area contributed by atoms with Crippen molar-refractivity contribution in [1.82, 2.24) is 9.55 Å². The molecule has 1 heterocycles. The van der Waals surface area contributed by atoms with E-state index < -0.39 is 0 Å². The van der Waals surface area contributed by atoms with E-state index in [0.29, 0.717) is 17.9 Å². The van der Waals surface area contributed by atoms with Crippen molar-refractivity contribution in [1.29, 1.82) is 0 Å². The number of imidazole rings is 1. The Morgan fingerprint density at radius 3 is 3.05 bits per heavy atom. The van der Waals surface area contributed by atoms with Crippen molar-refractivity contribution in [2.24, 2.45) is 0 Å². The minimum absolute atomic E-state index is 0.205. The van der Waals surface area contributed by atoms with Crippen molar-refractivity contribution in [3.8, 4) is 17.6 Å². The van der Waals surface area contributed by atoms with E-state index in [0.717, 1.165) is 13.0 Å². The molecule has 0 aliphatic heterocycles. The second kappa shape index (κ2) is 7.56. The number of alkyl halides is 1. The van der Waals surface area contributed by atoms with Crippen LogP contribution in [0.25, 0.3) is 0 Å². The zero-order valence-corrected chi connectivity index (χ0v) is 11.6. The fourth-order valence-corrected chi connectivity index (χ4v) is 1.77. The van der Waals surface area contributed by atoms with E-state index in [4.69, 9.17) is 16.3 Å². The third-order valence-corrected chi connectivity index (χ3v) is 2.74. The minimum Gasteiger partial charge on any atom is -0.492 e. The van der Waals surface area contributed by atoms with Crippen LogP contribution in [0.3, 0.4) is 0 Å². The lowest BCUT2D eigenvalue weighted by Gasteiger charge is -2.08. The Kier molecular flexibility index (Phi) is 5.45. The third kappa shape index (κ3) is 4.29. The molecule has 0 saturated carbocycles. The summed E-state index contributed by atoms with van der Waals surface area (Å²) in [5, 5.41) is 0. The van der Waals surface area contributed by atoms with E-state index in [1.54, 1.807) is 18.6 Å². The van der Waals surface area contributed by atoms with E-state index in [1.807, 2.05) is 10.8 Å². The van der Waals surface area contributed by atoms with Gasteiger partial charge < -0.3 is 9.30 Å². The molecule has 0 amide bonds. The average molecular weight is 293 g/mol. The van der Waals surface area contributed by atoms with Gasteiger partial charge in [0.25, 0.3) is 0 Å². The van der Waals surface area contributed by atoms with Gasteiger partial charge in [-0.2, -0.15) is 0 Å². The maximum absolute atomic E-state index is 13.2. The summed E-state index contributed by atoms with van der Waals surface area (Å²) in [6.07, 6.45) is 6.22. The van der Waals surface area contributed by atoms with Crippen molar-refractivity contribution >= 4 is 11.6 Å². The van der Waals surface area contributed by atoms with Crippen LogP contribution in [-0.2, 0) is 6.54 Å². The van der Waals surface area contributed by atoms with Crippen LogP contribution in [0.2, 0.25) is 0 Å². The van der Waals surface area contributed by atoms with Gasteiger partial charge in [-0.15, -0.1) is 11.6 Å². The molecule has 20 heavy (non-hydrogen) atoms. The van der Waals surface area contributed by atoms with E-state index in [2.05, 4.69) is 16.8 Å². The summed E-state index contributed by atoms with van der Waals surface area (Å²) in [7, 11) is 0. The maximum atomic E-state index is 13.2. The molecule has 0 aliphatic rings. The van der Waals surface area contributed by atoms with Crippen LogP contribution >= 0.6 is 11.6 Å². The highest BCUT2D eigenvalue weighted by atomic mass is 35.5. The highest BCUT2D eigenvalue weighted by molar-refractivity contribution is 6.19. The summed E-state index contributed by atoms with van der Waals surface area (Å²) >= 11 is 5.51. The monoisotopic (exact) mass is 292 g/mol. The molecule has 0 fully saturated rings. The summed E-state index contributed by atoms with van der Waals surface area (Å²) in [6.45, 7) is 1.35. The van der Waals surface area contributed by atoms with Gasteiger partial charge in [0, 0.05) is 18.9 Å². The number of hydrogen-bond acceptors (Lipinski definition) is 2. The van der Waals surface area contributed by atoms with Crippen molar-refractivity contribution in [2.75, 3.05) is 12.5 Å². The molecular formula is C15H14ClFN2O. The van der Waals surface area contributed by atoms with E-state index >= 15 is 0 Å². The van der Waals surface area contributed by atoms with Crippen molar-refractivity contribution < 1.29 is 9.13 Å². The van der Waals surface area contributed by atoms with Crippen LogP contribution in [0.4, 0.5) is 4.39 Å². The highest BCUT2D eigenvalue weighted by Gasteiger charge is 2.03. The first-order valence-corrected chi connectivity index (χ1v) is 6.76. The zero-order valence-electron chi connectivity index (χ0n) is 10.9. The van der Waals surface area contributed by atoms with Crippen molar-refractivity contribution in [3.05, 3.63) is 48.3 Å². The fraction of sp³-hybridized carbons (Fsp3) is 0.267. The zero-order chi connectivity index (χ0) is 14.2. The Morgan fingerprint density at radius 1 is 1.40 bits per heavy atom. The van der Waals surface area contributed by atoms with E-state index in [1.165, 1.54) is 12.1 Å². The Balaban J connectivity index is 1.91. The number of aromatic nitrogens is 2. The van der Waals surface area contributed by atoms with Crippen LogP contribution in [0.1, 0.15) is 12.0 Å². The van der Waals surface area contributed by atoms with Crippen LogP contribution < -0.4 is 4.74 Å². The van der Waals surface area contributed by atoms with E-state index in [9.17, 15) is 4.39 Å². The number of aryl methyl sites for hydroxylation is 1. The van der Waals surface area contributed by atoms with Crippen molar-refractivity contribution in [3.63, 3.8) is 0 Å². The lowest BCUT2D eigenvalue weighted by Crippen LogP contribution is -2.04. The topological polar surface area (TPSA) is 27.1 Å². The second-order valence-corrected chi connectivity index (χ2v) is 4.35. The second-order valence-electron chi connectivity index (χ2n) is 4.08. The summed E-state index contributed by atoms with van der Waals surface area (Å²) in [5.41, 5.74) is 0.522. The number of nitrogens with zero attached hydrogens (tertiary/aromatic N) is 2. The SMILES string of the molecule is Fc1ccc(OCCCn2ccnc2)c(C#CCCl)c1. The third-order valence-electron chi connectivity index (χ3n) is 2.61. The first kappa shape index (κ1) is 14.4. The molecule has 0 saturated heterocycles. The summed E-state index contributed by atoms with van der Waals surface area (Å²) < 4.78 is 20.8. The summed E-state index contributed by atoms with van der Waals surface area (Å²) in [4.78, 5) is 3.97. The number of rotatable bonds is 5. The fourth-order valence-electron chi connectivity index (χ4n) is 1.70. The van der Waals surface area contributed by atoms with Crippen molar-refractivity contribution in [2.45, 2.75) is 13.0 Å². The van der Waals surface area contributed by atoms with Crippen LogP contribution in [0.5, 0.6) is 5.75 Å². The molecule has 0 atom stereocenters. The van der Waals surface area contributed by atoms with Gasteiger partial charge in [-0.3, -0.25) is 0 Å². The van der Waals surface area contributed by atoms with E-state index in [-0.39, 0.29) is 11.7 Å². The first-order valence-electron chi connectivity index (χ1n) is 6.22. The Bertz CT molecular complexity index is 602. The Labute approximate surface area is 122 Å². The van der Waals surface area contributed by atoms with Gasteiger partial charge in [0.2, 0.25) is 0 Å². The quantitative estimate of drug-likeness (QED) is 0.481. The number of hydrogen-bond donors (Lipinski definition) is 0. The summed E-state index contributed by atoms with van der Waals surface area (Å²) in [6, 6.07) is 4.30. The molecule has 0 radical (unpaired) electrons. The molecule has 0 spiro atoms. The van der Waals surface area contributed by atoms with Crippen LogP contribution in [-0.4, -0.2) is 22.0 Å². The lowest BCUT2D eigenvalue weighted by atomic mass is 10.2. The molecule has 0 bridgehead atoms. The molecule has 3 nitrogen and oxygen atoms in total. The van der Waals surface area contributed by atoms with Gasteiger partial charge in [0.1, 0.15) is 11.6 Å². The first-order chi connectivity index (χ1) is 9.79. The molecule has 1 aromatic heterocycles. The minimum atomic E-state index is -0.338. The van der Waals surface area contributed by atoms with Crippen LogP contribution in [0, 0.1) is 17.7 Å². The summed E-state index contributed by atoms with van der Waals surface area (Å²) in [5.74, 6) is 5.94. The van der Waals surface area contributed by atoms with Gasteiger partial charge in [-0.1, -0.05) is 11.8 Å². The Hall–Kier alpha value is -1.99. The predicted octanol–water partition coefficient (Wildman–Crippen LogP) is 3.08. The predicted molar refractivity (Wildman–Crippen MR) is 76.3 cm³/mol. The highest BCUT2D eigenvalue weighted by Crippen LogP contribution is 2.19. The molecular weight excluding hydrogens is 279 g/mol. The van der Waals surface area contributed by atoms with Gasteiger partial charge in [-0.05, 0) is 24.6 Å². The number of benzene rings is 1. The molecule has 0 aliphatic carbocycles. The standard InChI is InChI=1S/C15H14ClFN2O/c16-6-1-3-13-11-14(17)4-5-15(13)20-10-2-8-19-9-7-18-12-19/h4-5,7,9,11-12H,2,6,8,10H2. The van der Waals surface area contributed by atoms with Gasteiger partial charge in [-0.25, -0.2) is 9.37 Å². The van der Waals surface area contributed by atoms with Crippen LogP contribution in [0.15, 0.2) is 36.9 Å². The average Bonchev–Trinajstić information content (AvgIpc) is 2.96. The van der Waals surface area contributed by atoms with Gasteiger partial charge in [0.05, 0.1) is 24.4 Å². The molecule has 2 aromatic rings.